The topological polar surface area (TPSA) is 64.8 Å². The standard InChI is InChI=1S/C25H30N2O4/c1-29-24-18-19(12-16-28)8-9-23(24)30-17-5-4-13-27-14-10-20(11-15-27)25-21-6-2-3-7-22(21)26-31-25/h2-3,6-9,16,18,20H,4-5,10-15,17H2,1H3. The van der Waals surface area contributed by atoms with Crippen LogP contribution in [0, 0.1) is 0 Å². The van der Waals surface area contributed by atoms with Crippen molar-refractivity contribution in [1.29, 1.82) is 0 Å². The summed E-state index contributed by atoms with van der Waals surface area (Å²) < 4.78 is 17.0. The number of aromatic nitrogens is 1. The minimum Gasteiger partial charge on any atom is -0.493 e. The lowest BCUT2D eigenvalue weighted by atomic mass is 9.92. The molecule has 1 aliphatic heterocycles. The quantitative estimate of drug-likeness (QED) is 0.351. The Bertz CT molecular complexity index is 992. The van der Waals surface area contributed by atoms with Gasteiger partial charge in [-0.3, -0.25) is 0 Å². The van der Waals surface area contributed by atoms with Crippen LogP contribution >= 0.6 is 0 Å². The molecule has 6 nitrogen and oxygen atoms in total. The van der Waals surface area contributed by atoms with Crippen molar-refractivity contribution in [2.24, 2.45) is 0 Å². The number of methoxy groups -OCH3 is 1. The number of likely N-dealkylation sites (tertiary alicyclic amines) is 1. The average molecular weight is 423 g/mol. The maximum Gasteiger partial charge on any atom is 0.161 e. The van der Waals surface area contributed by atoms with Crippen LogP contribution < -0.4 is 9.47 Å². The molecule has 0 radical (unpaired) electrons. The third-order valence-corrected chi connectivity index (χ3v) is 6.04. The molecule has 31 heavy (non-hydrogen) atoms. The van der Waals surface area contributed by atoms with E-state index in [-0.39, 0.29) is 0 Å². The fourth-order valence-corrected chi connectivity index (χ4v) is 4.30. The maximum atomic E-state index is 10.7. The Morgan fingerprint density at radius 3 is 2.77 bits per heavy atom. The first-order valence-electron chi connectivity index (χ1n) is 11.1. The van der Waals surface area contributed by atoms with E-state index in [4.69, 9.17) is 14.0 Å². The third kappa shape index (κ3) is 5.25. The van der Waals surface area contributed by atoms with Crippen LogP contribution in [-0.4, -0.2) is 49.7 Å². The van der Waals surface area contributed by atoms with E-state index in [0.717, 1.165) is 79.6 Å². The fraction of sp³-hybridized carbons (Fsp3) is 0.440. The first kappa shape index (κ1) is 21.4. The van der Waals surface area contributed by atoms with Crippen molar-refractivity contribution in [2.45, 2.75) is 38.0 Å². The molecule has 4 rings (SSSR count). The molecule has 2 aromatic carbocycles. The molecular weight excluding hydrogens is 392 g/mol. The van der Waals surface area contributed by atoms with Gasteiger partial charge >= 0.3 is 0 Å². The van der Waals surface area contributed by atoms with Crippen LogP contribution in [0.4, 0.5) is 0 Å². The van der Waals surface area contributed by atoms with Gasteiger partial charge < -0.3 is 23.7 Å². The minimum absolute atomic E-state index is 0.389. The zero-order chi connectivity index (χ0) is 21.5. The zero-order valence-corrected chi connectivity index (χ0v) is 18.1. The van der Waals surface area contributed by atoms with E-state index in [1.807, 2.05) is 30.3 Å². The summed E-state index contributed by atoms with van der Waals surface area (Å²) in [6.45, 7) is 3.92. The molecule has 0 N–H and O–H groups in total. The zero-order valence-electron chi connectivity index (χ0n) is 18.1. The summed E-state index contributed by atoms with van der Waals surface area (Å²) >= 11 is 0. The largest absolute Gasteiger partial charge is 0.493 e. The fourth-order valence-electron chi connectivity index (χ4n) is 4.30. The first-order chi connectivity index (χ1) is 15.3. The molecule has 0 unspecified atom stereocenters. The summed E-state index contributed by atoms with van der Waals surface area (Å²) in [6.07, 6.45) is 5.60. The Morgan fingerprint density at radius 2 is 1.97 bits per heavy atom. The molecule has 3 aromatic rings. The van der Waals surface area contributed by atoms with Crippen molar-refractivity contribution >= 4 is 17.2 Å². The number of aldehydes is 1. The van der Waals surface area contributed by atoms with Crippen LogP contribution in [-0.2, 0) is 11.2 Å². The van der Waals surface area contributed by atoms with Crippen LogP contribution in [0.1, 0.15) is 42.9 Å². The van der Waals surface area contributed by atoms with E-state index in [9.17, 15) is 4.79 Å². The van der Waals surface area contributed by atoms with Gasteiger partial charge in [0.15, 0.2) is 11.5 Å². The number of piperidine rings is 1. The van der Waals surface area contributed by atoms with Crippen molar-refractivity contribution in [3.63, 3.8) is 0 Å². The molecule has 0 bridgehead atoms. The van der Waals surface area contributed by atoms with Crippen molar-refractivity contribution in [3.8, 4) is 11.5 Å². The average Bonchev–Trinajstić information content (AvgIpc) is 3.24. The number of carbonyl (C=O) groups is 1. The Hall–Kier alpha value is -2.86. The molecule has 0 atom stereocenters. The number of unbranched alkanes of at least 4 members (excludes halogenated alkanes) is 1. The van der Waals surface area contributed by atoms with Crippen LogP contribution in [0.25, 0.3) is 10.9 Å². The van der Waals surface area contributed by atoms with Gasteiger partial charge in [-0.2, -0.15) is 0 Å². The second-order valence-electron chi connectivity index (χ2n) is 8.09. The Kier molecular flexibility index (Phi) is 7.20. The van der Waals surface area contributed by atoms with Crippen molar-refractivity contribution in [2.75, 3.05) is 33.4 Å². The molecular formula is C25H30N2O4. The monoisotopic (exact) mass is 422 g/mol. The minimum atomic E-state index is 0.389. The lowest BCUT2D eigenvalue weighted by molar-refractivity contribution is -0.107. The molecule has 1 aromatic heterocycles. The number of benzene rings is 2. The predicted molar refractivity (Wildman–Crippen MR) is 120 cm³/mol. The summed E-state index contributed by atoms with van der Waals surface area (Å²) in [6, 6.07) is 13.8. The van der Waals surface area contributed by atoms with Gasteiger partial charge in [0.1, 0.15) is 17.6 Å². The van der Waals surface area contributed by atoms with Crippen molar-refractivity contribution in [3.05, 3.63) is 53.8 Å². The Balaban J connectivity index is 1.18. The molecule has 1 aliphatic rings. The van der Waals surface area contributed by atoms with Crippen LogP contribution in [0.2, 0.25) is 0 Å². The number of nitrogens with zero attached hydrogens (tertiary/aromatic N) is 2. The highest BCUT2D eigenvalue weighted by Gasteiger charge is 2.25. The van der Waals surface area contributed by atoms with E-state index >= 15 is 0 Å². The number of rotatable bonds is 10. The first-order valence-corrected chi connectivity index (χ1v) is 11.1. The number of hydrogen-bond acceptors (Lipinski definition) is 6. The van der Waals surface area contributed by atoms with Gasteiger partial charge in [-0.25, -0.2) is 0 Å². The van der Waals surface area contributed by atoms with Gasteiger partial charge in [0.25, 0.3) is 0 Å². The summed E-state index contributed by atoms with van der Waals surface area (Å²) in [5, 5.41) is 5.37. The van der Waals surface area contributed by atoms with Crippen molar-refractivity contribution < 1.29 is 18.8 Å². The Morgan fingerprint density at radius 1 is 1.13 bits per heavy atom. The Labute approximate surface area is 183 Å². The van der Waals surface area contributed by atoms with Gasteiger partial charge in [-0.15, -0.1) is 0 Å². The highest BCUT2D eigenvalue weighted by Crippen LogP contribution is 2.33. The van der Waals surface area contributed by atoms with Crippen LogP contribution in [0.3, 0.4) is 0 Å². The van der Waals surface area contributed by atoms with Gasteiger partial charge in [0, 0.05) is 17.7 Å². The van der Waals surface area contributed by atoms with E-state index in [1.54, 1.807) is 7.11 Å². The molecule has 0 spiro atoms. The predicted octanol–water partition coefficient (Wildman–Crippen LogP) is 4.62. The second-order valence-corrected chi connectivity index (χ2v) is 8.09. The lowest BCUT2D eigenvalue weighted by Gasteiger charge is -2.30. The summed E-state index contributed by atoms with van der Waals surface area (Å²) in [5.41, 5.74) is 1.89. The van der Waals surface area contributed by atoms with Gasteiger partial charge in [-0.1, -0.05) is 23.4 Å². The summed E-state index contributed by atoms with van der Waals surface area (Å²) in [5.74, 6) is 2.93. The smallest absolute Gasteiger partial charge is 0.161 e. The van der Waals surface area contributed by atoms with E-state index in [0.29, 0.717) is 24.7 Å². The highest BCUT2D eigenvalue weighted by molar-refractivity contribution is 5.80. The number of ether oxygens (including phenoxy) is 2. The normalized spacial score (nSPS) is 15.3. The highest BCUT2D eigenvalue weighted by atomic mass is 16.5. The maximum absolute atomic E-state index is 10.7. The van der Waals surface area contributed by atoms with Gasteiger partial charge in [0.05, 0.1) is 13.7 Å². The lowest BCUT2D eigenvalue weighted by Crippen LogP contribution is -2.33. The molecule has 2 heterocycles. The molecule has 6 heteroatoms. The van der Waals surface area contributed by atoms with Crippen LogP contribution in [0.15, 0.2) is 47.0 Å². The van der Waals surface area contributed by atoms with Gasteiger partial charge in [0.2, 0.25) is 0 Å². The SMILES string of the molecule is COc1cc(CC=O)ccc1OCCCCN1CCC(c2onc3ccccc23)CC1. The summed E-state index contributed by atoms with van der Waals surface area (Å²) in [4.78, 5) is 13.2. The number of carbonyl (C=O) groups excluding carboxylic acids is 1. The van der Waals surface area contributed by atoms with Crippen molar-refractivity contribution in [1.82, 2.24) is 10.1 Å². The summed E-state index contributed by atoms with van der Waals surface area (Å²) in [7, 11) is 1.62. The van der Waals surface area contributed by atoms with Gasteiger partial charge in [-0.05, 0) is 75.1 Å². The molecule has 164 valence electrons. The number of hydrogen-bond donors (Lipinski definition) is 0. The van der Waals surface area contributed by atoms with Crippen LogP contribution in [0.5, 0.6) is 11.5 Å². The number of fused-ring (bicyclic) bond motifs is 1. The molecule has 1 fully saturated rings. The second kappa shape index (κ2) is 10.4. The third-order valence-electron chi connectivity index (χ3n) is 6.04. The van der Waals surface area contributed by atoms with E-state index < -0.39 is 0 Å². The molecule has 0 saturated carbocycles. The molecule has 0 aliphatic carbocycles. The molecule has 0 amide bonds. The molecule has 1 saturated heterocycles. The van der Waals surface area contributed by atoms with E-state index in [1.165, 1.54) is 0 Å². The van der Waals surface area contributed by atoms with E-state index in [2.05, 4.69) is 22.2 Å².